The predicted octanol–water partition coefficient (Wildman–Crippen LogP) is 3.38. The second kappa shape index (κ2) is 7.91. The normalized spacial score (nSPS) is 17.0. The maximum atomic E-state index is 10.7. The van der Waals surface area contributed by atoms with Crippen molar-refractivity contribution in [2.24, 2.45) is 0 Å². The van der Waals surface area contributed by atoms with Gasteiger partial charge in [-0.3, -0.25) is 15.0 Å². The van der Waals surface area contributed by atoms with E-state index in [1.54, 1.807) is 18.2 Å². The van der Waals surface area contributed by atoms with Gasteiger partial charge in [-0.05, 0) is 36.8 Å². The van der Waals surface area contributed by atoms with Gasteiger partial charge in [-0.25, -0.2) is 4.98 Å². The Morgan fingerprint density at radius 3 is 2.82 bits per heavy atom. The van der Waals surface area contributed by atoms with Gasteiger partial charge in [0, 0.05) is 35.8 Å². The van der Waals surface area contributed by atoms with Crippen LogP contribution >= 0.6 is 11.6 Å². The van der Waals surface area contributed by atoms with Gasteiger partial charge in [0.05, 0.1) is 11.5 Å². The molecule has 1 saturated heterocycles. The first kappa shape index (κ1) is 18.3. The molecule has 0 spiro atoms. The third-order valence-electron chi connectivity index (χ3n) is 4.51. The quantitative estimate of drug-likeness (QED) is 0.495. The van der Waals surface area contributed by atoms with E-state index in [1.807, 2.05) is 12.1 Å². The molecule has 144 valence electrons. The van der Waals surface area contributed by atoms with Crippen LogP contribution in [-0.2, 0) is 6.54 Å². The Hall–Kier alpha value is -3.04. The van der Waals surface area contributed by atoms with Crippen LogP contribution in [0.4, 0.5) is 11.5 Å². The van der Waals surface area contributed by atoms with Crippen LogP contribution in [0.25, 0.3) is 11.4 Å². The molecule has 0 saturated carbocycles. The molecule has 0 radical (unpaired) electrons. The molecule has 3 heterocycles. The van der Waals surface area contributed by atoms with E-state index in [0.29, 0.717) is 29.1 Å². The van der Waals surface area contributed by atoms with Gasteiger partial charge in [-0.15, -0.1) is 0 Å². The van der Waals surface area contributed by atoms with Crippen molar-refractivity contribution in [2.45, 2.75) is 19.0 Å². The highest BCUT2D eigenvalue weighted by molar-refractivity contribution is 6.30. The minimum absolute atomic E-state index is 0.0218. The zero-order chi connectivity index (χ0) is 19.5. The minimum atomic E-state index is -0.462. The Balaban J connectivity index is 1.32. The lowest BCUT2D eigenvalue weighted by Crippen LogP contribution is -2.26. The zero-order valence-corrected chi connectivity index (χ0v) is 15.5. The molecular weight excluding hydrogens is 384 g/mol. The minimum Gasteiger partial charge on any atom is -0.366 e. The lowest BCUT2D eigenvalue weighted by Gasteiger charge is -2.15. The lowest BCUT2D eigenvalue weighted by molar-refractivity contribution is -0.385. The van der Waals surface area contributed by atoms with Gasteiger partial charge in [0.15, 0.2) is 0 Å². The molecule has 1 N–H and O–H groups in total. The standard InChI is InChI=1S/C18H17ClN6O3/c19-13-3-1-12(2-4-13)18-22-17(28-23-18)11-24-8-7-14(10-24)21-16-6-5-15(9-20-16)25(26)27/h1-6,9,14H,7-8,10-11H2,(H,20,21). The number of aromatic nitrogens is 3. The molecule has 1 atom stereocenters. The van der Waals surface area contributed by atoms with Crippen molar-refractivity contribution in [2.75, 3.05) is 18.4 Å². The van der Waals surface area contributed by atoms with Crippen molar-refractivity contribution in [3.05, 3.63) is 63.6 Å². The molecule has 0 aliphatic carbocycles. The highest BCUT2D eigenvalue weighted by Gasteiger charge is 2.24. The van der Waals surface area contributed by atoms with Crippen LogP contribution in [0.15, 0.2) is 47.1 Å². The number of hydrogen-bond donors (Lipinski definition) is 1. The monoisotopic (exact) mass is 400 g/mol. The number of anilines is 1. The fourth-order valence-electron chi connectivity index (χ4n) is 3.11. The Labute approximate surface area is 165 Å². The summed E-state index contributed by atoms with van der Waals surface area (Å²) >= 11 is 5.90. The molecule has 9 nitrogen and oxygen atoms in total. The fraction of sp³-hybridized carbons (Fsp3) is 0.278. The average molecular weight is 401 g/mol. The average Bonchev–Trinajstić information content (AvgIpc) is 3.33. The summed E-state index contributed by atoms with van der Waals surface area (Å²) in [5.74, 6) is 1.72. The molecule has 1 aliphatic heterocycles. The molecule has 4 rings (SSSR count). The van der Waals surface area contributed by atoms with Crippen LogP contribution in [0, 0.1) is 10.1 Å². The number of rotatable bonds is 6. The molecule has 0 amide bonds. The molecule has 10 heteroatoms. The van der Waals surface area contributed by atoms with Crippen LogP contribution in [0.1, 0.15) is 12.3 Å². The smallest absolute Gasteiger partial charge is 0.287 e. The van der Waals surface area contributed by atoms with Crippen molar-refractivity contribution < 1.29 is 9.45 Å². The number of nitro groups is 1. The Morgan fingerprint density at radius 1 is 1.29 bits per heavy atom. The number of halogens is 1. The number of pyridine rings is 1. The summed E-state index contributed by atoms with van der Waals surface area (Å²) < 4.78 is 5.37. The summed E-state index contributed by atoms with van der Waals surface area (Å²) in [7, 11) is 0. The summed E-state index contributed by atoms with van der Waals surface area (Å²) in [4.78, 5) is 21.0. The van der Waals surface area contributed by atoms with Crippen molar-refractivity contribution in [1.29, 1.82) is 0 Å². The van der Waals surface area contributed by atoms with Crippen LogP contribution < -0.4 is 5.32 Å². The highest BCUT2D eigenvalue weighted by atomic mass is 35.5. The van der Waals surface area contributed by atoms with Crippen LogP contribution in [0.5, 0.6) is 0 Å². The summed E-state index contributed by atoms with van der Waals surface area (Å²) in [5, 5.41) is 18.7. The van der Waals surface area contributed by atoms with E-state index < -0.39 is 4.92 Å². The molecule has 2 aromatic heterocycles. The van der Waals surface area contributed by atoms with E-state index >= 15 is 0 Å². The van der Waals surface area contributed by atoms with Crippen LogP contribution in [0.3, 0.4) is 0 Å². The maximum absolute atomic E-state index is 10.7. The van der Waals surface area contributed by atoms with E-state index in [0.717, 1.165) is 25.1 Å². The van der Waals surface area contributed by atoms with E-state index in [1.165, 1.54) is 12.3 Å². The van der Waals surface area contributed by atoms with Crippen molar-refractivity contribution in [1.82, 2.24) is 20.0 Å². The van der Waals surface area contributed by atoms with Gasteiger partial charge < -0.3 is 9.84 Å². The summed E-state index contributed by atoms with van der Waals surface area (Å²) in [6.07, 6.45) is 2.18. The van der Waals surface area contributed by atoms with Crippen molar-refractivity contribution >= 4 is 23.1 Å². The SMILES string of the molecule is O=[N+]([O-])c1ccc(NC2CCN(Cc3nc(-c4ccc(Cl)cc4)no3)C2)nc1. The maximum Gasteiger partial charge on any atom is 0.287 e. The number of benzene rings is 1. The molecule has 3 aromatic rings. The predicted molar refractivity (Wildman–Crippen MR) is 103 cm³/mol. The van der Waals surface area contributed by atoms with Crippen molar-refractivity contribution in [3.63, 3.8) is 0 Å². The molecule has 1 aromatic carbocycles. The van der Waals surface area contributed by atoms with E-state index in [2.05, 4.69) is 25.3 Å². The van der Waals surface area contributed by atoms with Gasteiger partial charge >= 0.3 is 0 Å². The third-order valence-corrected chi connectivity index (χ3v) is 4.76. The summed E-state index contributed by atoms with van der Waals surface area (Å²) in [5.41, 5.74) is 0.830. The molecular formula is C18H17ClN6O3. The lowest BCUT2D eigenvalue weighted by atomic mass is 10.2. The Morgan fingerprint density at radius 2 is 2.11 bits per heavy atom. The molecule has 1 fully saturated rings. The number of likely N-dealkylation sites (tertiary alicyclic amines) is 1. The molecule has 1 aliphatic rings. The van der Waals surface area contributed by atoms with Gasteiger partial charge in [0.2, 0.25) is 11.7 Å². The van der Waals surface area contributed by atoms with Gasteiger partial charge in [0.1, 0.15) is 12.0 Å². The fourth-order valence-corrected chi connectivity index (χ4v) is 3.24. The molecule has 28 heavy (non-hydrogen) atoms. The second-order valence-corrected chi connectivity index (χ2v) is 6.98. The van der Waals surface area contributed by atoms with E-state index in [9.17, 15) is 10.1 Å². The van der Waals surface area contributed by atoms with Crippen LogP contribution in [-0.4, -0.2) is 44.1 Å². The van der Waals surface area contributed by atoms with Crippen LogP contribution in [0.2, 0.25) is 5.02 Å². The largest absolute Gasteiger partial charge is 0.366 e. The molecule has 0 bridgehead atoms. The van der Waals surface area contributed by atoms with Gasteiger partial charge in [-0.1, -0.05) is 16.8 Å². The first-order valence-corrected chi connectivity index (χ1v) is 9.12. The second-order valence-electron chi connectivity index (χ2n) is 6.54. The van der Waals surface area contributed by atoms with Gasteiger partial charge in [0.25, 0.3) is 5.69 Å². The number of nitrogens with one attached hydrogen (secondary N) is 1. The first-order valence-electron chi connectivity index (χ1n) is 8.75. The van der Waals surface area contributed by atoms with Gasteiger partial charge in [-0.2, -0.15) is 4.98 Å². The highest BCUT2D eigenvalue weighted by Crippen LogP contribution is 2.21. The van der Waals surface area contributed by atoms with E-state index in [-0.39, 0.29) is 11.7 Å². The topological polar surface area (TPSA) is 110 Å². The number of nitrogens with zero attached hydrogens (tertiary/aromatic N) is 5. The first-order chi connectivity index (χ1) is 13.6. The summed E-state index contributed by atoms with van der Waals surface area (Å²) in [6, 6.07) is 10.5. The van der Waals surface area contributed by atoms with E-state index in [4.69, 9.17) is 16.1 Å². The Kier molecular flexibility index (Phi) is 5.18. The number of hydrogen-bond acceptors (Lipinski definition) is 8. The molecule has 1 unspecified atom stereocenters. The summed E-state index contributed by atoms with van der Waals surface area (Å²) in [6.45, 7) is 2.23. The Bertz CT molecular complexity index is 960. The third kappa shape index (κ3) is 4.26. The van der Waals surface area contributed by atoms with Crippen molar-refractivity contribution in [3.8, 4) is 11.4 Å². The zero-order valence-electron chi connectivity index (χ0n) is 14.8.